The fourth-order valence-electron chi connectivity index (χ4n) is 3.40. The third-order valence-electron chi connectivity index (χ3n) is 5.33. The van der Waals surface area contributed by atoms with Crippen molar-refractivity contribution >= 4 is 23.4 Å². The molecule has 31 heavy (non-hydrogen) atoms. The Bertz CT molecular complexity index is 901. The monoisotopic (exact) mass is 444 g/mol. The summed E-state index contributed by atoms with van der Waals surface area (Å²) in [6.07, 6.45) is 2.75. The highest BCUT2D eigenvalue weighted by molar-refractivity contribution is 6.30. The Balaban J connectivity index is 1.68. The van der Waals surface area contributed by atoms with E-state index in [1.807, 2.05) is 30.3 Å². The van der Waals surface area contributed by atoms with Gasteiger partial charge in [0.1, 0.15) is 6.04 Å². The van der Waals surface area contributed by atoms with Gasteiger partial charge in [0.15, 0.2) is 11.5 Å². The number of ether oxygens (including phenoxy) is 2. The first-order valence-electron chi connectivity index (χ1n) is 10.7. The molecule has 1 N–H and O–H groups in total. The summed E-state index contributed by atoms with van der Waals surface area (Å²) >= 11 is 5.99. The van der Waals surface area contributed by atoms with Crippen molar-refractivity contribution < 1.29 is 19.1 Å². The van der Waals surface area contributed by atoms with Crippen molar-refractivity contribution in [3.8, 4) is 11.5 Å². The van der Waals surface area contributed by atoms with Crippen molar-refractivity contribution in [3.05, 3.63) is 58.6 Å². The predicted octanol–water partition coefficient (Wildman–Crippen LogP) is 4.33. The van der Waals surface area contributed by atoms with Crippen LogP contribution in [0.25, 0.3) is 0 Å². The van der Waals surface area contributed by atoms with Crippen molar-refractivity contribution in [1.82, 2.24) is 10.2 Å². The average Bonchev–Trinajstić information content (AvgIpc) is 3.24. The molecule has 0 radical (unpaired) electrons. The predicted molar refractivity (Wildman–Crippen MR) is 120 cm³/mol. The fraction of sp³-hybridized carbons (Fsp3) is 0.417. The molecule has 7 heteroatoms. The van der Waals surface area contributed by atoms with Crippen LogP contribution in [-0.2, 0) is 22.6 Å². The Hall–Kier alpha value is -2.73. The topological polar surface area (TPSA) is 67.9 Å². The molecule has 0 spiro atoms. The van der Waals surface area contributed by atoms with Crippen LogP contribution < -0.4 is 14.8 Å². The number of amides is 2. The highest BCUT2D eigenvalue weighted by Crippen LogP contribution is 2.32. The van der Waals surface area contributed by atoms with Crippen molar-refractivity contribution in [3.63, 3.8) is 0 Å². The van der Waals surface area contributed by atoms with Crippen molar-refractivity contribution in [1.29, 1.82) is 0 Å². The van der Waals surface area contributed by atoms with Gasteiger partial charge >= 0.3 is 0 Å². The number of nitrogens with zero attached hydrogens (tertiary/aromatic N) is 1. The number of fused-ring (bicyclic) bond motifs is 1. The van der Waals surface area contributed by atoms with Gasteiger partial charge < -0.3 is 19.7 Å². The van der Waals surface area contributed by atoms with E-state index in [4.69, 9.17) is 21.1 Å². The van der Waals surface area contributed by atoms with Crippen LogP contribution in [0.15, 0.2) is 42.5 Å². The lowest BCUT2D eigenvalue weighted by Crippen LogP contribution is -2.47. The van der Waals surface area contributed by atoms with E-state index < -0.39 is 6.04 Å². The van der Waals surface area contributed by atoms with Gasteiger partial charge in [-0.25, -0.2) is 0 Å². The first-order chi connectivity index (χ1) is 15.0. The molecule has 0 aliphatic carbocycles. The third kappa shape index (κ3) is 6.37. The molecule has 0 fully saturated rings. The van der Waals surface area contributed by atoms with Gasteiger partial charge in [-0.3, -0.25) is 9.59 Å². The van der Waals surface area contributed by atoms with Crippen molar-refractivity contribution in [2.45, 2.75) is 52.1 Å². The van der Waals surface area contributed by atoms with E-state index in [2.05, 4.69) is 12.2 Å². The van der Waals surface area contributed by atoms with Gasteiger partial charge in [-0.1, -0.05) is 43.1 Å². The Morgan fingerprint density at radius 1 is 1.10 bits per heavy atom. The zero-order valence-electron chi connectivity index (χ0n) is 18.0. The number of carbonyl (C=O) groups excluding carboxylic acids is 2. The van der Waals surface area contributed by atoms with E-state index in [-0.39, 0.29) is 18.6 Å². The molecule has 2 amide bonds. The number of hydrogen-bond acceptors (Lipinski definition) is 4. The molecule has 1 aliphatic heterocycles. The molecule has 2 aromatic rings. The summed E-state index contributed by atoms with van der Waals surface area (Å²) in [5, 5.41) is 3.57. The van der Waals surface area contributed by atoms with Gasteiger partial charge in [-0.05, 0) is 55.2 Å². The summed E-state index contributed by atoms with van der Waals surface area (Å²) in [6, 6.07) is 12.5. The van der Waals surface area contributed by atoms with E-state index in [0.717, 1.165) is 29.7 Å². The standard InChI is InChI=1S/C24H29ClN2O4/c1-3-4-13-26-24(29)17(2)27(15-19-5-9-20(25)10-6-19)23(28)12-8-18-7-11-21-22(14-18)31-16-30-21/h5-7,9-11,14,17H,3-4,8,12-13,15-16H2,1-2H3,(H,26,29). The molecule has 1 aliphatic rings. The molecule has 2 aromatic carbocycles. The van der Waals surface area contributed by atoms with E-state index in [0.29, 0.717) is 36.7 Å². The van der Waals surface area contributed by atoms with Crippen LogP contribution in [0.5, 0.6) is 11.5 Å². The van der Waals surface area contributed by atoms with E-state index in [1.54, 1.807) is 24.0 Å². The van der Waals surface area contributed by atoms with Crippen LogP contribution in [-0.4, -0.2) is 36.1 Å². The zero-order chi connectivity index (χ0) is 22.2. The molecule has 0 aromatic heterocycles. The molecule has 0 saturated heterocycles. The number of hydrogen-bond donors (Lipinski definition) is 1. The van der Waals surface area contributed by atoms with Gasteiger partial charge in [0.05, 0.1) is 0 Å². The second kappa shape index (κ2) is 11.0. The molecular formula is C24H29ClN2O4. The zero-order valence-corrected chi connectivity index (χ0v) is 18.8. The largest absolute Gasteiger partial charge is 0.454 e. The lowest BCUT2D eigenvalue weighted by Gasteiger charge is -2.29. The number of aryl methyl sites for hydroxylation is 1. The quantitative estimate of drug-likeness (QED) is 0.553. The van der Waals surface area contributed by atoms with Crippen LogP contribution >= 0.6 is 11.6 Å². The minimum absolute atomic E-state index is 0.0780. The van der Waals surface area contributed by atoms with E-state index in [1.165, 1.54) is 0 Å². The first-order valence-corrected chi connectivity index (χ1v) is 11.1. The summed E-state index contributed by atoms with van der Waals surface area (Å²) < 4.78 is 10.8. The number of benzene rings is 2. The lowest BCUT2D eigenvalue weighted by atomic mass is 10.1. The molecule has 1 heterocycles. The number of halogens is 1. The molecule has 166 valence electrons. The van der Waals surface area contributed by atoms with Crippen molar-refractivity contribution in [2.75, 3.05) is 13.3 Å². The van der Waals surface area contributed by atoms with Gasteiger partial charge in [0, 0.05) is 24.5 Å². The Kier molecular flexibility index (Phi) is 8.18. The van der Waals surface area contributed by atoms with Crippen LogP contribution in [0.2, 0.25) is 5.02 Å². The number of nitrogens with one attached hydrogen (secondary N) is 1. The Morgan fingerprint density at radius 2 is 1.81 bits per heavy atom. The van der Waals surface area contributed by atoms with Gasteiger partial charge in [0.25, 0.3) is 0 Å². The van der Waals surface area contributed by atoms with Gasteiger partial charge in [-0.15, -0.1) is 0 Å². The second-order valence-electron chi connectivity index (χ2n) is 7.66. The highest BCUT2D eigenvalue weighted by atomic mass is 35.5. The Morgan fingerprint density at radius 3 is 2.55 bits per heavy atom. The molecule has 1 atom stereocenters. The third-order valence-corrected chi connectivity index (χ3v) is 5.58. The average molecular weight is 445 g/mol. The van der Waals surface area contributed by atoms with Gasteiger partial charge in [-0.2, -0.15) is 0 Å². The molecular weight excluding hydrogens is 416 g/mol. The maximum atomic E-state index is 13.2. The first kappa shape index (κ1) is 22.9. The van der Waals surface area contributed by atoms with Crippen molar-refractivity contribution in [2.24, 2.45) is 0 Å². The number of carbonyl (C=O) groups is 2. The second-order valence-corrected chi connectivity index (χ2v) is 8.09. The summed E-state index contributed by atoms with van der Waals surface area (Å²) in [5.74, 6) is 1.20. The lowest BCUT2D eigenvalue weighted by molar-refractivity contribution is -0.140. The number of rotatable bonds is 10. The maximum Gasteiger partial charge on any atom is 0.242 e. The summed E-state index contributed by atoms with van der Waals surface area (Å²) in [5.41, 5.74) is 1.91. The smallest absolute Gasteiger partial charge is 0.242 e. The SMILES string of the molecule is CCCCNC(=O)C(C)N(Cc1ccc(Cl)cc1)C(=O)CCc1ccc2c(c1)OCO2. The molecule has 6 nitrogen and oxygen atoms in total. The van der Waals surface area contributed by atoms with E-state index in [9.17, 15) is 9.59 Å². The fourth-order valence-corrected chi connectivity index (χ4v) is 3.52. The Labute approximate surface area is 188 Å². The van der Waals surface area contributed by atoms with Crippen LogP contribution in [0.3, 0.4) is 0 Å². The maximum absolute atomic E-state index is 13.2. The summed E-state index contributed by atoms with van der Waals surface area (Å²) in [4.78, 5) is 27.5. The molecule has 3 rings (SSSR count). The summed E-state index contributed by atoms with van der Waals surface area (Å²) in [6.45, 7) is 5.02. The highest BCUT2D eigenvalue weighted by Gasteiger charge is 2.26. The minimum Gasteiger partial charge on any atom is -0.454 e. The van der Waals surface area contributed by atoms with Crippen LogP contribution in [0.4, 0.5) is 0 Å². The number of unbranched alkanes of at least 4 members (excludes halogenated alkanes) is 1. The van der Waals surface area contributed by atoms with Crippen LogP contribution in [0, 0.1) is 0 Å². The molecule has 0 saturated carbocycles. The van der Waals surface area contributed by atoms with E-state index >= 15 is 0 Å². The summed E-state index contributed by atoms with van der Waals surface area (Å²) in [7, 11) is 0. The van der Waals surface area contributed by atoms with Gasteiger partial charge in [0.2, 0.25) is 18.6 Å². The minimum atomic E-state index is -0.572. The molecule has 0 bridgehead atoms. The normalized spacial score (nSPS) is 13.0. The molecule has 1 unspecified atom stereocenters. The van der Waals surface area contributed by atoms with Crippen LogP contribution in [0.1, 0.15) is 44.2 Å².